The molecule has 3 aromatic rings. The number of fused-ring (bicyclic) bond motifs is 1. The smallest absolute Gasteiger partial charge is 0.276 e. The lowest BCUT2D eigenvalue weighted by Gasteiger charge is -2.04. The maximum atomic E-state index is 12.2. The standard InChI is InChI=1S/C17H18N4O4S2/c1-11-2-3-14-18-13(7-16(22)21(14)8-11)9-26-17-20-19-15(25-17)6-12-4-5-27(23,24)10-12/h2-3,7-8,12H,4-6,9-10H2,1H3/t12-/m1/s1. The Balaban J connectivity index is 1.42. The molecule has 10 heteroatoms. The summed E-state index contributed by atoms with van der Waals surface area (Å²) in [4.78, 5) is 16.7. The first-order chi connectivity index (χ1) is 12.9. The molecule has 0 saturated carbocycles. The van der Waals surface area contributed by atoms with Crippen LogP contribution in [-0.2, 0) is 22.0 Å². The lowest BCUT2D eigenvalue weighted by Crippen LogP contribution is -2.15. The minimum atomic E-state index is -2.91. The molecule has 0 N–H and O–H groups in total. The van der Waals surface area contributed by atoms with Gasteiger partial charge in [-0.05, 0) is 30.9 Å². The number of pyridine rings is 1. The molecule has 27 heavy (non-hydrogen) atoms. The zero-order chi connectivity index (χ0) is 19.0. The third-order valence-electron chi connectivity index (χ3n) is 4.44. The SMILES string of the molecule is Cc1ccc2nc(CSc3nnc(C[C@H]4CCS(=O)(=O)C4)o3)cc(=O)n2c1. The summed E-state index contributed by atoms with van der Waals surface area (Å²) >= 11 is 1.30. The molecule has 0 aliphatic carbocycles. The van der Waals surface area contributed by atoms with E-state index in [1.807, 2.05) is 19.1 Å². The highest BCUT2D eigenvalue weighted by Crippen LogP contribution is 2.25. The fourth-order valence-corrected chi connectivity index (χ4v) is 5.66. The van der Waals surface area contributed by atoms with Crippen molar-refractivity contribution in [2.45, 2.75) is 30.7 Å². The largest absolute Gasteiger partial charge is 0.416 e. The first-order valence-corrected chi connectivity index (χ1v) is 11.3. The van der Waals surface area contributed by atoms with Crippen molar-refractivity contribution in [3.05, 3.63) is 51.9 Å². The Morgan fingerprint density at radius 2 is 2.19 bits per heavy atom. The monoisotopic (exact) mass is 406 g/mol. The third kappa shape index (κ3) is 4.22. The number of aromatic nitrogens is 4. The van der Waals surface area contributed by atoms with Crippen LogP contribution < -0.4 is 5.56 Å². The van der Waals surface area contributed by atoms with Crippen LogP contribution in [0.4, 0.5) is 0 Å². The van der Waals surface area contributed by atoms with Gasteiger partial charge in [0.25, 0.3) is 10.8 Å². The maximum Gasteiger partial charge on any atom is 0.276 e. The molecule has 1 aliphatic heterocycles. The van der Waals surface area contributed by atoms with Crippen LogP contribution in [0.25, 0.3) is 5.65 Å². The van der Waals surface area contributed by atoms with Gasteiger partial charge in [-0.2, -0.15) is 0 Å². The Morgan fingerprint density at radius 3 is 2.96 bits per heavy atom. The molecule has 4 rings (SSSR count). The molecule has 0 aromatic carbocycles. The lowest BCUT2D eigenvalue weighted by molar-refractivity contribution is 0.389. The van der Waals surface area contributed by atoms with Gasteiger partial charge in [-0.1, -0.05) is 17.8 Å². The molecule has 0 unspecified atom stereocenters. The van der Waals surface area contributed by atoms with Crippen LogP contribution in [0, 0.1) is 12.8 Å². The van der Waals surface area contributed by atoms with Crippen LogP contribution in [-0.4, -0.2) is 39.5 Å². The summed E-state index contributed by atoms with van der Waals surface area (Å²) in [7, 11) is -2.91. The van der Waals surface area contributed by atoms with E-state index in [2.05, 4.69) is 15.2 Å². The second-order valence-electron chi connectivity index (χ2n) is 6.74. The highest BCUT2D eigenvalue weighted by molar-refractivity contribution is 7.98. The average molecular weight is 406 g/mol. The van der Waals surface area contributed by atoms with Gasteiger partial charge < -0.3 is 4.42 Å². The molecule has 1 fully saturated rings. The summed E-state index contributed by atoms with van der Waals surface area (Å²) in [5, 5.41) is 8.38. The molecule has 8 nitrogen and oxygen atoms in total. The van der Waals surface area contributed by atoms with Crippen molar-refractivity contribution >= 4 is 27.2 Å². The van der Waals surface area contributed by atoms with Crippen molar-refractivity contribution in [3.8, 4) is 0 Å². The predicted molar refractivity (Wildman–Crippen MR) is 101 cm³/mol. The Kier molecular flexibility index (Phi) is 4.77. The van der Waals surface area contributed by atoms with E-state index < -0.39 is 9.84 Å². The van der Waals surface area contributed by atoms with E-state index in [4.69, 9.17) is 4.42 Å². The summed E-state index contributed by atoms with van der Waals surface area (Å²) in [5.41, 5.74) is 2.09. The predicted octanol–water partition coefficient (Wildman–Crippen LogP) is 1.66. The van der Waals surface area contributed by atoms with Crippen LogP contribution >= 0.6 is 11.8 Å². The summed E-state index contributed by atoms with van der Waals surface area (Å²) in [6.07, 6.45) is 2.87. The molecular weight excluding hydrogens is 388 g/mol. The van der Waals surface area contributed by atoms with E-state index in [1.165, 1.54) is 22.2 Å². The number of thioether (sulfide) groups is 1. The van der Waals surface area contributed by atoms with Gasteiger partial charge in [0.15, 0.2) is 9.84 Å². The normalized spacial score (nSPS) is 18.9. The second kappa shape index (κ2) is 7.08. The highest BCUT2D eigenvalue weighted by atomic mass is 32.2. The quantitative estimate of drug-likeness (QED) is 0.589. The van der Waals surface area contributed by atoms with Crippen LogP contribution in [0.3, 0.4) is 0 Å². The van der Waals surface area contributed by atoms with Crippen molar-refractivity contribution in [2.24, 2.45) is 5.92 Å². The van der Waals surface area contributed by atoms with Crippen LogP contribution in [0.5, 0.6) is 0 Å². The minimum absolute atomic E-state index is 0.0407. The zero-order valence-electron chi connectivity index (χ0n) is 14.7. The second-order valence-corrected chi connectivity index (χ2v) is 9.90. The molecule has 142 valence electrons. The Labute approximate surface area is 159 Å². The van der Waals surface area contributed by atoms with Crippen molar-refractivity contribution in [1.29, 1.82) is 0 Å². The molecular formula is C17H18N4O4S2. The van der Waals surface area contributed by atoms with E-state index >= 15 is 0 Å². The number of sulfone groups is 1. The van der Waals surface area contributed by atoms with Gasteiger partial charge in [0.2, 0.25) is 5.89 Å². The number of nitrogens with zero attached hydrogens (tertiary/aromatic N) is 4. The minimum Gasteiger partial charge on any atom is -0.416 e. The Morgan fingerprint density at radius 1 is 1.33 bits per heavy atom. The summed E-state index contributed by atoms with van der Waals surface area (Å²) in [6, 6.07) is 5.22. The molecule has 1 aliphatic rings. The van der Waals surface area contributed by atoms with Gasteiger partial charge >= 0.3 is 0 Å². The highest BCUT2D eigenvalue weighted by Gasteiger charge is 2.29. The fraction of sp³-hybridized carbons (Fsp3) is 0.412. The van der Waals surface area contributed by atoms with Gasteiger partial charge in [0.1, 0.15) is 5.65 Å². The topological polar surface area (TPSA) is 107 Å². The fourth-order valence-electron chi connectivity index (χ4n) is 3.13. The van der Waals surface area contributed by atoms with Crippen molar-refractivity contribution in [2.75, 3.05) is 11.5 Å². The average Bonchev–Trinajstić information content (AvgIpc) is 3.20. The van der Waals surface area contributed by atoms with E-state index in [0.717, 1.165) is 5.56 Å². The number of rotatable bonds is 5. The molecule has 4 heterocycles. The van der Waals surface area contributed by atoms with Crippen molar-refractivity contribution in [1.82, 2.24) is 19.6 Å². The van der Waals surface area contributed by atoms with E-state index in [9.17, 15) is 13.2 Å². The van der Waals surface area contributed by atoms with Crippen LogP contribution in [0.2, 0.25) is 0 Å². The van der Waals surface area contributed by atoms with Gasteiger partial charge in [0.05, 0.1) is 17.2 Å². The summed E-state index contributed by atoms with van der Waals surface area (Å²) < 4.78 is 30.2. The summed E-state index contributed by atoms with van der Waals surface area (Å²) in [6.45, 7) is 1.92. The molecule has 1 saturated heterocycles. The van der Waals surface area contributed by atoms with Gasteiger partial charge in [-0.15, -0.1) is 10.2 Å². The number of hydrogen-bond acceptors (Lipinski definition) is 8. The van der Waals surface area contributed by atoms with E-state index in [-0.39, 0.29) is 23.0 Å². The lowest BCUT2D eigenvalue weighted by atomic mass is 10.1. The van der Waals surface area contributed by atoms with E-state index in [0.29, 0.717) is 41.0 Å². The maximum absolute atomic E-state index is 12.2. The van der Waals surface area contributed by atoms with Crippen LogP contribution in [0.15, 0.2) is 38.8 Å². The first-order valence-electron chi connectivity index (χ1n) is 8.52. The first kappa shape index (κ1) is 18.2. The number of aryl methyl sites for hydroxylation is 1. The molecule has 0 bridgehead atoms. The van der Waals surface area contributed by atoms with Gasteiger partial charge in [-0.3, -0.25) is 9.20 Å². The Bertz CT molecular complexity index is 1150. The molecule has 1 atom stereocenters. The van der Waals surface area contributed by atoms with E-state index in [1.54, 1.807) is 6.20 Å². The molecule has 0 spiro atoms. The molecule has 0 amide bonds. The van der Waals surface area contributed by atoms with Crippen molar-refractivity contribution < 1.29 is 12.8 Å². The van der Waals surface area contributed by atoms with Gasteiger partial charge in [-0.25, -0.2) is 13.4 Å². The molecule has 3 aromatic heterocycles. The molecule has 0 radical (unpaired) electrons. The zero-order valence-corrected chi connectivity index (χ0v) is 16.3. The van der Waals surface area contributed by atoms with Crippen LogP contribution in [0.1, 0.15) is 23.6 Å². The van der Waals surface area contributed by atoms with Gasteiger partial charge in [0, 0.05) is 24.4 Å². The number of hydrogen-bond donors (Lipinski definition) is 0. The Hall–Kier alpha value is -2.20. The summed E-state index contributed by atoms with van der Waals surface area (Å²) in [5.74, 6) is 1.33. The third-order valence-corrected chi connectivity index (χ3v) is 7.13. The van der Waals surface area contributed by atoms with Crippen molar-refractivity contribution in [3.63, 3.8) is 0 Å².